The summed E-state index contributed by atoms with van der Waals surface area (Å²) in [5.74, 6) is 5.89. The van der Waals surface area contributed by atoms with Crippen molar-refractivity contribution >= 4 is 10.0 Å². The Labute approximate surface area is 126 Å². The van der Waals surface area contributed by atoms with Crippen LogP contribution in [-0.2, 0) is 10.0 Å². The van der Waals surface area contributed by atoms with Crippen molar-refractivity contribution in [2.45, 2.75) is 44.0 Å². The van der Waals surface area contributed by atoms with Gasteiger partial charge in [-0.2, -0.15) is 0 Å². The Morgan fingerprint density at radius 2 is 2.14 bits per heavy atom. The first kappa shape index (κ1) is 16.0. The third-order valence-electron chi connectivity index (χ3n) is 3.47. The summed E-state index contributed by atoms with van der Waals surface area (Å²) in [5, 5.41) is 8.80. The van der Waals surface area contributed by atoms with Crippen LogP contribution < -0.4 is 4.72 Å². The Bertz CT molecular complexity index is 666. The third-order valence-corrected chi connectivity index (χ3v) is 5.11. The molecule has 0 heterocycles. The molecule has 1 aliphatic carbocycles. The second-order valence-corrected chi connectivity index (χ2v) is 7.34. The lowest BCUT2D eigenvalue weighted by Crippen LogP contribution is -2.33. The van der Waals surface area contributed by atoms with E-state index in [4.69, 9.17) is 5.11 Å². The van der Waals surface area contributed by atoms with Gasteiger partial charge in [-0.25, -0.2) is 13.1 Å². The minimum atomic E-state index is -3.59. The molecule has 2 N–H and O–H groups in total. The molecule has 0 radical (unpaired) electrons. The monoisotopic (exact) mass is 307 g/mol. The molecular formula is C16H21NO3S. The number of aliphatic hydroxyl groups is 1. The van der Waals surface area contributed by atoms with Gasteiger partial charge < -0.3 is 5.11 Å². The van der Waals surface area contributed by atoms with Gasteiger partial charge in [-0.3, -0.25) is 0 Å². The maximum absolute atomic E-state index is 12.5. The normalized spacial score (nSPS) is 16.1. The first-order chi connectivity index (χ1) is 9.92. The van der Waals surface area contributed by atoms with E-state index < -0.39 is 10.0 Å². The van der Waals surface area contributed by atoms with E-state index in [1.54, 1.807) is 18.2 Å². The summed E-state index contributed by atoms with van der Waals surface area (Å²) < 4.78 is 27.7. The molecule has 1 aromatic rings. The number of aliphatic hydroxyl groups excluding tert-OH is 1. The molecule has 0 aliphatic heterocycles. The Morgan fingerprint density at radius 1 is 1.43 bits per heavy atom. The standard InChI is InChI=1S/C16H21NO3S/c1-12-5-8-16(15(10-12)4-3-9-18)21(19,20)17-13(2)11-14-6-7-14/h5,8,10,13-14,17-18H,6-7,9,11H2,1-2H3. The van der Waals surface area contributed by atoms with E-state index >= 15 is 0 Å². The zero-order chi connectivity index (χ0) is 15.5. The Balaban J connectivity index is 2.25. The Kier molecular flexibility index (Phi) is 5.04. The lowest BCUT2D eigenvalue weighted by Gasteiger charge is -2.15. The van der Waals surface area contributed by atoms with Crippen LogP contribution in [0.4, 0.5) is 0 Å². The highest BCUT2D eigenvalue weighted by molar-refractivity contribution is 7.89. The molecule has 0 amide bonds. The van der Waals surface area contributed by atoms with E-state index in [-0.39, 0.29) is 17.5 Å². The summed E-state index contributed by atoms with van der Waals surface area (Å²) in [4.78, 5) is 0.177. The zero-order valence-corrected chi connectivity index (χ0v) is 13.2. The maximum Gasteiger partial charge on any atom is 0.242 e. The van der Waals surface area contributed by atoms with Gasteiger partial charge >= 0.3 is 0 Å². The van der Waals surface area contributed by atoms with Crippen molar-refractivity contribution < 1.29 is 13.5 Å². The maximum atomic E-state index is 12.5. The number of rotatable bonds is 5. The van der Waals surface area contributed by atoms with Crippen molar-refractivity contribution in [3.05, 3.63) is 29.3 Å². The highest BCUT2D eigenvalue weighted by Gasteiger charge is 2.27. The van der Waals surface area contributed by atoms with Crippen molar-refractivity contribution in [1.82, 2.24) is 4.72 Å². The van der Waals surface area contributed by atoms with Crippen molar-refractivity contribution in [2.75, 3.05) is 6.61 Å². The van der Waals surface area contributed by atoms with Crippen LogP contribution in [-0.4, -0.2) is 26.2 Å². The van der Waals surface area contributed by atoms with Crippen LogP contribution in [0.2, 0.25) is 0 Å². The number of hydrogen-bond donors (Lipinski definition) is 2. The first-order valence-electron chi connectivity index (χ1n) is 7.15. The topological polar surface area (TPSA) is 66.4 Å². The summed E-state index contributed by atoms with van der Waals surface area (Å²) in [6, 6.07) is 4.97. The number of sulfonamides is 1. The second kappa shape index (κ2) is 6.61. The molecule has 1 aromatic carbocycles. The molecule has 0 bridgehead atoms. The minimum absolute atomic E-state index is 0.0811. The lowest BCUT2D eigenvalue weighted by atomic mass is 10.1. The summed E-state index contributed by atoms with van der Waals surface area (Å²) in [7, 11) is -3.59. The van der Waals surface area contributed by atoms with Crippen molar-refractivity contribution in [3.8, 4) is 11.8 Å². The molecule has 1 unspecified atom stereocenters. The van der Waals surface area contributed by atoms with Crippen LogP contribution in [0, 0.1) is 24.7 Å². The second-order valence-electron chi connectivity index (χ2n) is 5.66. The minimum Gasteiger partial charge on any atom is -0.384 e. The SMILES string of the molecule is Cc1ccc(S(=O)(=O)NC(C)CC2CC2)c(C#CCO)c1. The van der Waals surface area contributed by atoms with E-state index in [0.717, 1.165) is 12.0 Å². The molecule has 21 heavy (non-hydrogen) atoms. The molecule has 1 aliphatic rings. The summed E-state index contributed by atoms with van der Waals surface area (Å²) in [5.41, 5.74) is 1.36. The van der Waals surface area contributed by atoms with Gasteiger partial charge in [0.15, 0.2) is 0 Å². The van der Waals surface area contributed by atoms with Crippen LogP contribution in [0.3, 0.4) is 0 Å². The van der Waals surface area contributed by atoms with Gasteiger partial charge in [0.25, 0.3) is 0 Å². The Hall–Kier alpha value is -1.35. The Morgan fingerprint density at radius 3 is 2.76 bits per heavy atom. The van der Waals surface area contributed by atoms with Crippen LogP contribution in [0.1, 0.15) is 37.3 Å². The largest absolute Gasteiger partial charge is 0.384 e. The van der Waals surface area contributed by atoms with Crippen LogP contribution in [0.15, 0.2) is 23.1 Å². The molecule has 1 saturated carbocycles. The fourth-order valence-corrected chi connectivity index (χ4v) is 3.74. The number of hydrogen-bond acceptors (Lipinski definition) is 3. The van der Waals surface area contributed by atoms with Gasteiger partial charge in [0.05, 0.1) is 4.90 Å². The molecule has 2 rings (SSSR count). The van der Waals surface area contributed by atoms with E-state index in [2.05, 4.69) is 16.6 Å². The van der Waals surface area contributed by atoms with Crippen LogP contribution in [0.5, 0.6) is 0 Å². The van der Waals surface area contributed by atoms with Crippen molar-refractivity contribution in [3.63, 3.8) is 0 Å². The highest BCUT2D eigenvalue weighted by Crippen LogP contribution is 2.33. The quantitative estimate of drug-likeness (QED) is 0.815. The van der Waals surface area contributed by atoms with Crippen LogP contribution >= 0.6 is 0 Å². The van der Waals surface area contributed by atoms with Crippen molar-refractivity contribution in [1.29, 1.82) is 0 Å². The predicted molar refractivity (Wildman–Crippen MR) is 82.3 cm³/mol. The average Bonchev–Trinajstić information content (AvgIpc) is 3.19. The molecule has 114 valence electrons. The predicted octanol–water partition coefficient (Wildman–Crippen LogP) is 1.81. The van der Waals surface area contributed by atoms with E-state index in [9.17, 15) is 8.42 Å². The smallest absolute Gasteiger partial charge is 0.242 e. The molecular weight excluding hydrogens is 286 g/mol. The molecule has 0 spiro atoms. The van der Waals surface area contributed by atoms with E-state index in [1.807, 2.05) is 13.8 Å². The zero-order valence-electron chi connectivity index (χ0n) is 12.4. The van der Waals surface area contributed by atoms with Gasteiger partial charge in [-0.05, 0) is 43.9 Å². The van der Waals surface area contributed by atoms with E-state index in [0.29, 0.717) is 11.5 Å². The van der Waals surface area contributed by atoms with Gasteiger partial charge in [-0.15, -0.1) is 0 Å². The van der Waals surface area contributed by atoms with Gasteiger partial charge in [0, 0.05) is 11.6 Å². The van der Waals surface area contributed by atoms with Gasteiger partial charge in [0.1, 0.15) is 6.61 Å². The first-order valence-corrected chi connectivity index (χ1v) is 8.63. The molecule has 1 fully saturated rings. The molecule has 1 atom stereocenters. The van der Waals surface area contributed by atoms with Gasteiger partial charge in [-0.1, -0.05) is 30.7 Å². The average molecular weight is 307 g/mol. The highest BCUT2D eigenvalue weighted by atomic mass is 32.2. The van der Waals surface area contributed by atoms with Crippen LogP contribution in [0.25, 0.3) is 0 Å². The number of aryl methyl sites for hydroxylation is 1. The van der Waals surface area contributed by atoms with E-state index in [1.165, 1.54) is 12.8 Å². The van der Waals surface area contributed by atoms with Crippen molar-refractivity contribution in [2.24, 2.45) is 5.92 Å². The van der Waals surface area contributed by atoms with Gasteiger partial charge in [0.2, 0.25) is 10.0 Å². The molecule has 5 heteroatoms. The summed E-state index contributed by atoms with van der Waals surface area (Å²) >= 11 is 0. The third kappa shape index (κ3) is 4.57. The number of benzene rings is 1. The number of nitrogens with one attached hydrogen (secondary N) is 1. The fraction of sp³-hybridized carbons (Fsp3) is 0.500. The molecule has 0 aromatic heterocycles. The molecule has 0 saturated heterocycles. The summed E-state index contributed by atoms with van der Waals surface area (Å²) in [6.45, 7) is 3.48. The lowest BCUT2D eigenvalue weighted by molar-refractivity contribution is 0.350. The molecule has 4 nitrogen and oxygen atoms in total. The fourth-order valence-electron chi connectivity index (χ4n) is 2.34. The summed E-state index contributed by atoms with van der Waals surface area (Å²) in [6.07, 6.45) is 3.27.